The van der Waals surface area contributed by atoms with Crippen molar-refractivity contribution in [2.75, 3.05) is 20.2 Å². The number of carbonyl (C=O) groups excluding carboxylic acids is 2. The van der Waals surface area contributed by atoms with Crippen molar-refractivity contribution in [3.63, 3.8) is 0 Å². The van der Waals surface area contributed by atoms with Gasteiger partial charge in [0.05, 0.1) is 12.8 Å². The monoisotopic (exact) mass is 432 g/mol. The van der Waals surface area contributed by atoms with Crippen LogP contribution in [0.1, 0.15) is 44.8 Å². The number of aromatic amines is 1. The average molecular weight is 433 g/mol. The molecule has 2 heterocycles. The highest BCUT2D eigenvalue weighted by Crippen LogP contribution is 2.23. The van der Waals surface area contributed by atoms with Crippen molar-refractivity contribution in [3.05, 3.63) is 70.9 Å². The quantitative estimate of drug-likeness (QED) is 0.643. The van der Waals surface area contributed by atoms with E-state index in [9.17, 15) is 9.59 Å². The second-order valence-electron chi connectivity index (χ2n) is 8.32. The third-order valence-electron chi connectivity index (χ3n) is 5.78. The highest BCUT2D eigenvalue weighted by molar-refractivity contribution is 5.95. The molecule has 1 aliphatic heterocycles. The summed E-state index contributed by atoms with van der Waals surface area (Å²) in [4.78, 5) is 27.4. The van der Waals surface area contributed by atoms with E-state index in [2.05, 4.69) is 21.6 Å². The number of carbonyl (C=O) groups is 2. The number of H-pyrrole nitrogens is 1. The number of nitrogens with one attached hydrogen (secondary N) is 2. The maximum Gasteiger partial charge on any atom is 0.271 e. The summed E-state index contributed by atoms with van der Waals surface area (Å²) < 4.78 is 5.26. The lowest BCUT2D eigenvalue weighted by atomic mass is 10.0. The maximum absolute atomic E-state index is 12.9. The molecule has 3 aromatic rings. The Hall–Kier alpha value is -3.61. The normalized spacial score (nSPS) is 14.3. The van der Waals surface area contributed by atoms with Crippen LogP contribution in [-0.4, -0.2) is 53.2 Å². The van der Waals surface area contributed by atoms with Gasteiger partial charge in [0.1, 0.15) is 11.4 Å². The Kier molecular flexibility index (Phi) is 6.25. The van der Waals surface area contributed by atoms with Crippen LogP contribution in [0, 0.1) is 13.8 Å². The first-order valence-electron chi connectivity index (χ1n) is 10.8. The van der Waals surface area contributed by atoms with E-state index in [4.69, 9.17) is 4.74 Å². The third-order valence-corrected chi connectivity index (χ3v) is 5.78. The standard InChI is InChI=1S/C25H28N4O3/c1-16-11-17(2)13-19(12-16)24(30)26-20-7-9-29(10-8-20)25(31)23-15-22(27-28-23)18-5-4-6-21(14-18)32-3/h4-6,11-15,20H,7-10H2,1-3H3,(H,26,30)(H,27,28). The topological polar surface area (TPSA) is 87.3 Å². The zero-order valence-corrected chi connectivity index (χ0v) is 18.6. The van der Waals surface area contributed by atoms with Crippen LogP contribution >= 0.6 is 0 Å². The van der Waals surface area contributed by atoms with Crippen molar-refractivity contribution in [3.8, 4) is 17.0 Å². The summed E-state index contributed by atoms with van der Waals surface area (Å²) in [6.07, 6.45) is 1.44. The smallest absolute Gasteiger partial charge is 0.271 e. The zero-order chi connectivity index (χ0) is 22.7. The van der Waals surface area contributed by atoms with Gasteiger partial charge in [0, 0.05) is 30.3 Å². The lowest BCUT2D eigenvalue weighted by Crippen LogP contribution is -2.46. The molecule has 0 radical (unpaired) electrons. The Morgan fingerprint density at radius 3 is 2.47 bits per heavy atom. The van der Waals surface area contributed by atoms with Gasteiger partial charge >= 0.3 is 0 Å². The molecule has 4 rings (SSSR count). The number of hydrogen-bond acceptors (Lipinski definition) is 4. The number of piperidine rings is 1. The van der Waals surface area contributed by atoms with Gasteiger partial charge in [0.15, 0.2) is 0 Å². The number of ether oxygens (including phenoxy) is 1. The van der Waals surface area contributed by atoms with Crippen LogP contribution in [0.3, 0.4) is 0 Å². The number of hydrogen-bond donors (Lipinski definition) is 2. The van der Waals surface area contributed by atoms with Crippen molar-refractivity contribution in [2.45, 2.75) is 32.7 Å². The molecule has 1 aromatic heterocycles. The number of benzene rings is 2. The fourth-order valence-electron chi connectivity index (χ4n) is 4.13. The molecular formula is C25H28N4O3. The summed E-state index contributed by atoms with van der Waals surface area (Å²) in [5, 5.41) is 10.3. The molecular weight excluding hydrogens is 404 g/mol. The van der Waals surface area contributed by atoms with Crippen LogP contribution in [0.25, 0.3) is 11.3 Å². The highest BCUT2D eigenvalue weighted by atomic mass is 16.5. The van der Waals surface area contributed by atoms with E-state index in [-0.39, 0.29) is 17.9 Å². The van der Waals surface area contributed by atoms with Crippen LogP contribution in [0.2, 0.25) is 0 Å². The predicted octanol–water partition coefficient (Wildman–Crippen LogP) is 3.74. The molecule has 0 saturated carbocycles. The summed E-state index contributed by atoms with van der Waals surface area (Å²) >= 11 is 0. The molecule has 1 saturated heterocycles. The minimum atomic E-state index is -0.0780. The first-order chi connectivity index (χ1) is 15.4. The number of methoxy groups -OCH3 is 1. The SMILES string of the molecule is COc1cccc(-c2cc(C(=O)N3CCC(NC(=O)c4cc(C)cc(C)c4)CC3)[nH]n2)c1. The molecule has 0 aliphatic carbocycles. The molecule has 2 amide bonds. The largest absolute Gasteiger partial charge is 0.497 e. The van der Waals surface area contributed by atoms with Crippen LogP contribution in [-0.2, 0) is 0 Å². The maximum atomic E-state index is 12.9. The van der Waals surface area contributed by atoms with Gasteiger partial charge in [-0.15, -0.1) is 0 Å². The lowest BCUT2D eigenvalue weighted by Gasteiger charge is -2.32. The summed E-state index contributed by atoms with van der Waals surface area (Å²) in [6.45, 7) is 5.15. The average Bonchev–Trinajstić information content (AvgIpc) is 3.29. The predicted molar refractivity (Wildman–Crippen MR) is 123 cm³/mol. The van der Waals surface area contributed by atoms with Crippen molar-refractivity contribution >= 4 is 11.8 Å². The molecule has 7 nitrogen and oxygen atoms in total. The van der Waals surface area contributed by atoms with E-state index in [1.807, 2.05) is 55.1 Å². The molecule has 1 fully saturated rings. The Morgan fingerprint density at radius 2 is 1.78 bits per heavy atom. The van der Waals surface area contributed by atoms with E-state index in [0.29, 0.717) is 30.0 Å². The fraction of sp³-hybridized carbons (Fsp3) is 0.320. The third kappa shape index (κ3) is 4.82. The molecule has 0 spiro atoms. The summed E-state index contributed by atoms with van der Waals surface area (Å²) in [6, 6.07) is 15.2. The number of aryl methyl sites for hydroxylation is 2. The number of aromatic nitrogens is 2. The van der Waals surface area contributed by atoms with Gasteiger partial charge in [-0.2, -0.15) is 5.10 Å². The number of nitrogens with zero attached hydrogens (tertiary/aromatic N) is 2. The number of amides is 2. The van der Waals surface area contributed by atoms with E-state index in [1.54, 1.807) is 13.2 Å². The fourth-order valence-corrected chi connectivity index (χ4v) is 4.13. The first-order valence-corrected chi connectivity index (χ1v) is 10.8. The molecule has 166 valence electrons. The second kappa shape index (κ2) is 9.26. The number of likely N-dealkylation sites (tertiary alicyclic amines) is 1. The van der Waals surface area contributed by atoms with Crippen molar-refractivity contribution < 1.29 is 14.3 Å². The molecule has 1 aliphatic rings. The first kappa shape index (κ1) is 21.6. The minimum absolute atomic E-state index is 0.0569. The lowest BCUT2D eigenvalue weighted by molar-refractivity contribution is 0.0692. The van der Waals surface area contributed by atoms with Crippen LogP contribution in [0.15, 0.2) is 48.5 Å². The van der Waals surface area contributed by atoms with Gasteiger partial charge in [-0.05, 0) is 57.0 Å². The molecule has 2 aromatic carbocycles. The molecule has 32 heavy (non-hydrogen) atoms. The summed E-state index contributed by atoms with van der Waals surface area (Å²) in [5.74, 6) is 0.604. The summed E-state index contributed by atoms with van der Waals surface area (Å²) in [7, 11) is 1.62. The summed E-state index contributed by atoms with van der Waals surface area (Å²) in [5.41, 5.74) is 4.87. The van der Waals surface area contributed by atoms with Gasteiger partial charge < -0.3 is 15.0 Å². The van der Waals surface area contributed by atoms with Crippen molar-refractivity contribution in [1.82, 2.24) is 20.4 Å². The van der Waals surface area contributed by atoms with Crippen LogP contribution < -0.4 is 10.1 Å². The van der Waals surface area contributed by atoms with Crippen LogP contribution in [0.4, 0.5) is 0 Å². The van der Waals surface area contributed by atoms with Gasteiger partial charge in [-0.3, -0.25) is 14.7 Å². The zero-order valence-electron chi connectivity index (χ0n) is 18.6. The van der Waals surface area contributed by atoms with Gasteiger partial charge in [-0.25, -0.2) is 0 Å². The van der Waals surface area contributed by atoms with Crippen LogP contribution in [0.5, 0.6) is 5.75 Å². The molecule has 0 atom stereocenters. The van der Waals surface area contributed by atoms with E-state index < -0.39 is 0 Å². The molecule has 7 heteroatoms. The Morgan fingerprint density at radius 1 is 1.06 bits per heavy atom. The Bertz CT molecular complexity index is 1110. The van der Waals surface area contributed by atoms with E-state index >= 15 is 0 Å². The molecule has 0 bridgehead atoms. The van der Waals surface area contributed by atoms with Crippen molar-refractivity contribution in [1.29, 1.82) is 0 Å². The van der Waals surface area contributed by atoms with E-state index in [0.717, 1.165) is 35.3 Å². The Labute approximate surface area is 187 Å². The molecule has 2 N–H and O–H groups in total. The second-order valence-corrected chi connectivity index (χ2v) is 8.32. The van der Waals surface area contributed by atoms with Gasteiger partial charge in [-0.1, -0.05) is 29.3 Å². The van der Waals surface area contributed by atoms with Gasteiger partial charge in [0.2, 0.25) is 0 Å². The number of rotatable bonds is 5. The highest BCUT2D eigenvalue weighted by Gasteiger charge is 2.26. The Balaban J connectivity index is 1.34. The minimum Gasteiger partial charge on any atom is -0.497 e. The van der Waals surface area contributed by atoms with E-state index in [1.165, 1.54) is 0 Å². The van der Waals surface area contributed by atoms with Crippen molar-refractivity contribution in [2.24, 2.45) is 0 Å². The molecule has 0 unspecified atom stereocenters. The van der Waals surface area contributed by atoms with Gasteiger partial charge in [0.25, 0.3) is 11.8 Å².